The predicted molar refractivity (Wildman–Crippen MR) is 66.3 cm³/mol. The minimum Gasteiger partial charge on any atom is -0.396 e. The molecule has 2 fully saturated rings. The standard InChI is InChI=1S/C13H26N2O/c14-10-12(11-16)13(6-2-3-7-13)15-8-4-1-5-9-15/h12,16H,1-11,14H2/t12-/m1/s1. The van der Waals surface area contributed by atoms with E-state index >= 15 is 0 Å². The van der Waals surface area contributed by atoms with E-state index in [2.05, 4.69) is 4.90 Å². The molecule has 1 saturated heterocycles. The van der Waals surface area contributed by atoms with Crippen molar-refractivity contribution < 1.29 is 5.11 Å². The molecule has 1 heterocycles. The van der Waals surface area contributed by atoms with Gasteiger partial charge in [-0.15, -0.1) is 0 Å². The zero-order valence-corrected chi connectivity index (χ0v) is 10.3. The van der Waals surface area contributed by atoms with Gasteiger partial charge in [0.2, 0.25) is 0 Å². The van der Waals surface area contributed by atoms with Crippen LogP contribution in [-0.4, -0.2) is 41.8 Å². The van der Waals surface area contributed by atoms with E-state index in [9.17, 15) is 5.11 Å². The second-order valence-electron chi connectivity index (χ2n) is 5.47. The minimum atomic E-state index is 0.240. The number of likely N-dealkylation sites (tertiary alicyclic amines) is 1. The first-order valence-corrected chi connectivity index (χ1v) is 6.89. The number of aliphatic hydroxyl groups excluding tert-OH is 1. The summed E-state index contributed by atoms with van der Waals surface area (Å²) in [6.07, 6.45) is 9.14. The van der Waals surface area contributed by atoms with Crippen LogP contribution in [0.25, 0.3) is 0 Å². The highest BCUT2D eigenvalue weighted by atomic mass is 16.3. The van der Waals surface area contributed by atoms with Crippen LogP contribution in [0.2, 0.25) is 0 Å². The van der Waals surface area contributed by atoms with Gasteiger partial charge in [0.15, 0.2) is 0 Å². The van der Waals surface area contributed by atoms with Crippen LogP contribution in [0.4, 0.5) is 0 Å². The van der Waals surface area contributed by atoms with Gasteiger partial charge in [-0.05, 0) is 45.3 Å². The molecule has 0 aromatic rings. The van der Waals surface area contributed by atoms with Crippen LogP contribution in [0, 0.1) is 5.92 Å². The highest BCUT2D eigenvalue weighted by Gasteiger charge is 2.44. The van der Waals surface area contributed by atoms with Crippen molar-refractivity contribution in [2.45, 2.75) is 50.5 Å². The topological polar surface area (TPSA) is 49.5 Å². The fourth-order valence-corrected chi connectivity index (χ4v) is 3.77. The third-order valence-electron chi connectivity index (χ3n) is 4.72. The Bertz CT molecular complexity index is 204. The monoisotopic (exact) mass is 226 g/mol. The Balaban J connectivity index is 2.12. The lowest BCUT2D eigenvalue weighted by Gasteiger charge is -2.48. The molecule has 94 valence electrons. The van der Waals surface area contributed by atoms with Gasteiger partial charge in [0.1, 0.15) is 0 Å². The van der Waals surface area contributed by atoms with E-state index < -0.39 is 0 Å². The van der Waals surface area contributed by atoms with E-state index in [4.69, 9.17) is 5.73 Å². The molecule has 3 nitrogen and oxygen atoms in total. The molecule has 0 radical (unpaired) electrons. The van der Waals surface area contributed by atoms with Crippen LogP contribution >= 0.6 is 0 Å². The number of aliphatic hydroxyl groups is 1. The molecule has 1 atom stereocenters. The average Bonchev–Trinajstić information content (AvgIpc) is 2.82. The van der Waals surface area contributed by atoms with Gasteiger partial charge in [0.25, 0.3) is 0 Å². The Morgan fingerprint density at radius 1 is 1.06 bits per heavy atom. The summed E-state index contributed by atoms with van der Waals surface area (Å²) < 4.78 is 0. The van der Waals surface area contributed by atoms with E-state index in [-0.39, 0.29) is 18.1 Å². The molecule has 16 heavy (non-hydrogen) atoms. The van der Waals surface area contributed by atoms with Crippen molar-refractivity contribution >= 4 is 0 Å². The summed E-state index contributed by atoms with van der Waals surface area (Å²) in [7, 11) is 0. The van der Waals surface area contributed by atoms with Crippen LogP contribution in [-0.2, 0) is 0 Å². The van der Waals surface area contributed by atoms with Crippen molar-refractivity contribution in [3.63, 3.8) is 0 Å². The fourth-order valence-electron chi connectivity index (χ4n) is 3.77. The van der Waals surface area contributed by atoms with E-state index in [1.807, 2.05) is 0 Å². The SMILES string of the molecule is NC[C@H](CO)C1(N2CCCCC2)CCCC1. The normalized spacial score (nSPS) is 28.1. The highest BCUT2D eigenvalue weighted by molar-refractivity contribution is 5.00. The quantitative estimate of drug-likeness (QED) is 0.761. The second-order valence-corrected chi connectivity index (χ2v) is 5.47. The van der Waals surface area contributed by atoms with Gasteiger partial charge < -0.3 is 10.8 Å². The molecule has 0 unspecified atom stereocenters. The molecule has 0 bridgehead atoms. The van der Waals surface area contributed by atoms with Crippen LogP contribution < -0.4 is 5.73 Å². The van der Waals surface area contributed by atoms with Gasteiger partial charge in [-0.3, -0.25) is 4.90 Å². The summed E-state index contributed by atoms with van der Waals surface area (Å²) in [4.78, 5) is 2.65. The number of nitrogens with zero attached hydrogens (tertiary/aromatic N) is 1. The Morgan fingerprint density at radius 3 is 2.19 bits per heavy atom. The summed E-state index contributed by atoms with van der Waals surface area (Å²) >= 11 is 0. The summed E-state index contributed by atoms with van der Waals surface area (Å²) in [5, 5.41) is 9.58. The lowest BCUT2D eigenvalue weighted by atomic mass is 9.80. The van der Waals surface area contributed by atoms with Crippen LogP contribution in [0.1, 0.15) is 44.9 Å². The van der Waals surface area contributed by atoms with Gasteiger partial charge in [-0.1, -0.05) is 19.3 Å². The first-order chi connectivity index (χ1) is 7.83. The third-order valence-corrected chi connectivity index (χ3v) is 4.72. The minimum absolute atomic E-state index is 0.240. The van der Waals surface area contributed by atoms with Crippen molar-refractivity contribution in [3.05, 3.63) is 0 Å². The van der Waals surface area contributed by atoms with Crippen molar-refractivity contribution in [3.8, 4) is 0 Å². The first kappa shape index (κ1) is 12.3. The summed E-state index contributed by atoms with van der Waals surface area (Å²) in [5.41, 5.74) is 6.11. The molecule has 2 rings (SSSR count). The maximum absolute atomic E-state index is 9.58. The Morgan fingerprint density at radius 2 is 1.69 bits per heavy atom. The lowest BCUT2D eigenvalue weighted by molar-refractivity contribution is 0.000675. The Hall–Kier alpha value is -0.120. The van der Waals surface area contributed by atoms with Crippen molar-refractivity contribution in [2.24, 2.45) is 11.7 Å². The van der Waals surface area contributed by atoms with Crippen LogP contribution in [0.5, 0.6) is 0 Å². The Labute approximate surface area is 99.0 Å². The average molecular weight is 226 g/mol. The molecule has 0 aromatic carbocycles. The fraction of sp³-hybridized carbons (Fsp3) is 1.00. The molecule has 0 spiro atoms. The zero-order valence-electron chi connectivity index (χ0n) is 10.3. The largest absolute Gasteiger partial charge is 0.396 e. The second kappa shape index (κ2) is 5.48. The summed E-state index contributed by atoms with van der Waals surface area (Å²) in [5.74, 6) is 0.285. The smallest absolute Gasteiger partial charge is 0.0489 e. The molecule has 3 heteroatoms. The van der Waals surface area contributed by atoms with Gasteiger partial charge in [-0.25, -0.2) is 0 Å². The first-order valence-electron chi connectivity index (χ1n) is 6.89. The molecule has 3 N–H and O–H groups in total. The van der Waals surface area contributed by atoms with Crippen molar-refractivity contribution in [1.82, 2.24) is 4.90 Å². The number of rotatable bonds is 4. The number of hydrogen-bond acceptors (Lipinski definition) is 3. The third kappa shape index (κ3) is 2.13. The lowest BCUT2D eigenvalue weighted by Crippen LogP contribution is -2.56. The highest BCUT2D eigenvalue weighted by Crippen LogP contribution is 2.42. The van der Waals surface area contributed by atoms with Crippen molar-refractivity contribution in [2.75, 3.05) is 26.2 Å². The van der Waals surface area contributed by atoms with Gasteiger partial charge in [-0.2, -0.15) is 0 Å². The Kier molecular flexibility index (Phi) is 4.22. The van der Waals surface area contributed by atoms with Crippen molar-refractivity contribution in [1.29, 1.82) is 0 Å². The molecule has 1 aliphatic carbocycles. The predicted octanol–water partition coefficient (Wildman–Crippen LogP) is 1.35. The molecule has 0 amide bonds. The molecular weight excluding hydrogens is 200 g/mol. The summed E-state index contributed by atoms with van der Waals surface area (Å²) in [6.45, 7) is 3.33. The van der Waals surface area contributed by atoms with Gasteiger partial charge >= 0.3 is 0 Å². The number of hydrogen-bond donors (Lipinski definition) is 2. The molecule has 0 aromatic heterocycles. The van der Waals surface area contributed by atoms with E-state index in [1.54, 1.807) is 0 Å². The molecule has 2 aliphatic rings. The molecule has 1 aliphatic heterocycles. The maximum atomic E-state index is 9.58. The van der Waals surface area contributed by atoms with E-state index in [0.717, 1.165) is 0 Å². The van der Waals surface area contributed by atoms with Crippen LogP contribution in [0.3, 0.4) is 0 Å². The van der Waals surface area contributed by atoms with E-state index in [1.165, 1.54) is 58.0 Å². The molecular formula is C13H26N2O. The maximum Gasteiger partial charge on any atom is 0.0489 e. The van der Waals surface area contributed by atoms with Crippen LogP contribution in [0.15, 0.2) is 0 Å². The summed E-state index contributed by atoms with van der Waals surface area (Å²) in [6, 6.07) is 0. The van der Waals surface area contributed by atoms with Gasteiger partial charge in [0.05, 0.1) is 0 Å². The molecule has 1 saturated carbocycles. The van der Waals surface area contributed by atoms with Gasteiger partial charge in [0, 0.05) is 18.1 Å². The zero-order chi connectivity index (χ0) is 11.4. The van der Waals surface area contributed by atoms with E-state index in [0.29, 0.717) is 6.54 Å². The number of nitrogens with two attached hydrogens (primary N) is 1. The number of piperidine rings is 1.